The third kappa shape index (κ3) is 5.65. The highest BCUT2D eigenvalue weighted by molar-refractivity contribution is 7.09. The molecule has 2 N–H and O–H groups in total. The number of aryl methyl sites for hydroxylation is 1. The van der Waals surface area contributed by atoms with Crippen LogP contribution in [0.1, 0.15) is 45.3 Å². The van der Waals surface area contributed by atoms with Crippen LogP contribution < -0.4 is 15.4 Å². The minimum absolute atomic E-state index is 0.00147. The van der Waals surface area contributed by atoms with Crippen LogP contribution in [-0.2, 0) is 6.61 Å². The van der Waals surface area contributed by atoms with Crippen LogP contribution >= 0.6 is 11.3 Å². The number of nitrogens with one attached hydrogen (secondary N) is 2. The quantitative estimate of drug-likeness (QED) is 0.605. The molecule has 1 heterocycles. The first kappa shape index (κ1) is 20.5. The minimum atomic E-state index is -0.315. The van der Waals surface area contributed by atoms with Crippen molar-refractivity contribution in [2.24, 2.45) is 0 Å². The third-order valence-electron chi connectivity index (χ3n) is 3.99. The second kappa shape index (κ2) is 9.34. The van der Waals surface area contributed by atoms with Crippen molar-refractivity contribution in [2.75, 3.05) is 5.32 Å². The molecule has 0 spiro atoms. The van der Waals surface area contributed by atoms with Gasteiger partial charge < -0.3 is 15.4 Å². The first-order valence-electron chi connectivity index (χ1n) is 9.27. The van der Waals surface area contributed by atoms with Gasteiger partial charge in [0, 0.05) is 17.0 Å². The van der Waals surface area contributed by atoms with Crippen molar-refractivity contribution >= 4 is 28.8 Å². The van der Waals surface area contributed by atoms with Gasteiger partial charge in [-0.05, 0) is 51.1 Å². The van der Waals surface area contributed by atoms with Crippen LogP contribution in [0.2, 0.25) is 0 Å². The molecule has 29 heavy (non-hydrogen) atoms. The lowest BCUT2D eigenvalue weighted by Gasteiger charge is -2.13. The van der Waals surface area contributed by atoms with Gasteiger partial charge in [-0.1, -0.05) is 18.2 Å². The fraction of sp³-hybridized carbons (Fsp3) is 0.227. The van der Waals surface area contributed by atoms with Gasteiger partial charge in [0.15, 0.2) is 0 Å². The molecule has 150 valence electrons. The number of benzene rings is 2. The van der Waals surface area contributed by atoms with E-state index in [2.05, 4.69) is 15.6 Å². The Kier molecular flexibility index (Phi) is 6.61. The average molecular weight is 410 g/mol. The van der Waals surface area contributed by atoms with Gasteiger partial charge in [-0.3, -0.25) is 9.59 Å². The SMILES string of the molecule is Cc1nc(COc2cccc(C(=O)Nc3ccccc3C(=O)NC(C)C)c2)cs1. The summed E-state index contributed by atoms with van der Waals surface area (Å²) in [5.41, 5.74) is 2.17. The Morgan fingerprint density at radius 1 is 1.10 bits per heavy atom. The number of hydrogen-bond donors (Lipinski definition) is 2. The maximum Gasteiger partial charge on any atom is 0.255 e. The van der Waals surface area contributed by atoms with E-state index in [1.54, 1.807) is 59.9 Å². The number of carbonyl (C=O) groups is 2. The average Bonchev–Trinajstić information content (AvgIpc) is 3.11. The minimum Gasteiger partial charge on any atom is -0.487 e. The monoisotopic (exact) mass is 409 g/mol. The molecule has 3 rings (SSSR count). The lowest BCUT2D eigenvalue weighted by molar-refractivity contribution is 0.0944. The normalized spacial score (nSPS) is 10.6. The van der Waals surface area contributed by atoms with E-state index in [1.165, 1.54) is 0 Å². The highest BCUT2D eigenvalue weighted by atomic mass is 32.1. The molecular weight excluding hydrogens is 386 g/mol. The van der Waals surface area contributed by atoms with Crippen molar-refractivity contribution in [3.05, 3.63) is 75.7 Å². The largest absolute Gasteiger partial charge is 0.487 e. The molecule has 3 aromatic rings. The number of hydrogen-bond acceptors (Lipinski definition) is 5. The fourth-order valence-corrected chi connectivity index (χ4v) is 3.28. The molecule has 0 aliphatic carbocycles. The molecule has 1 aromatic heterocycles. The van der Waals surface area contributed by atoms with Crippen molar-refractivity contribution in [2.45, 2.75) is 33.4 Å². The van der Waals surface area contributed by atoms with E-state index in [9.17, 15) is 9.59 Å². The summed E-state index contributed by atoms with van der Waals surface area (Å²) in [6.45, 7) is 6.06. The molecule has 0 saturated heterocycles. The first-order valence-corrected chi connectivity index (χ1v) is 10.2. The number of nitrogens with zero attached hydrogens (tertiary/aromatic N) is 1. The number of thiazole rings is 1. The molecule has 0 aliphatic heterocycles. The second-order valence-electron chi connectivity index (χ2n) is 6.80. The van der Waals surface area contributed by atoms with E-state index in [4.69, 9.17) is 4.74 Å². The zero-order valence-corrected chi connectivity index (χ0v) is 17.4. The van der Waals surface area contributed by atoms with Gasteiger partial charge in [-0.25, -0.2) is 4.98 Å². The molecule has 2 amide bonds. The van der Waals surface area contributed by atoms with E-state index in [0.29, 0.717) is 29.2 Å². The van der Waals surface area contributed by atoms with Gasteiger partial charge in [0.1, 0.15) is 12.4 Å². The summed E-state index contributed by atoms with van der Waals surface area (Å²) >= 11 is 1.57. The summed E-state index contributed by atoms with van der Waals surface area (Å²) in [6, 6.07) is 13.9. The van der Waals surface area contributed by atoms with Gasteiger partial charge in [-0.2, -0.15) is 0 Å². The predicted octanol–water partition coefficient (Wildman–Crippen LogP) is 4.42. The summed E-state index contributed by atoms with van der Waals surface area (Å²) in [7, 11) is 0. The summed E-state index contributed by atoms with van der Waals surface area (Å²) in [5, 5.41) is 8.59. The van der Waals surface area contributed by atoms with Crippen LogP contribution in [0.15, 0.2) is 53.9 Å². The Bertz CT molecular complexity index is 1010. The topological polar surface area (TPSA) is 80.3 Å². The number of aromatic nitrogens is 1. The number of carbonyl (C=O) groups excluding carboxylic acids is 2. The fourth-order valence-electron chi connectivity index (χ4n) is 2.68. The molecule has 6 nitrogen and oxygen atoms in total. The van der Waals surface area contributed by atoms with Crippen molar-refractivity contribution in [1.29, 1.82) is 0 Å². The number of amides is 2. The second-order valence-corrected chi connectivity index (χ2v) is 7.86. The molecular formula is C22H23N3O3S. The van der Waals surface area contributed by atoms with Gasteiger partial charge in [-0.15, -0.1) is 11.3 Å². The number of ether oxygens (including phenoxy) is 1. The van der Waals surface area contributed by atoms with Crippen LogP contribution in [0.3, 0.4) is 0 Å². The molecule has 0 fully saturated rings. The van der Waals surface area contributed by atoms with Gasteiger partial charge >= 0.3 is 0 Å². The molecule has 0 atom stereocenters. The highest BCUT2D eigenvalue weighted by Crippen LogP contribution is 2.20. The van der Waals surface area contributed by atoms with Crippen LogP contribution in [-0.4, -0.2) is 22.8 Å². The summed E-state index contributed by atoms with van der Waals surface area (Å²) in [6.07, 6.45) is 0. The predicted molar refractivity (Wildman–Crippen MR) is 115 cm³/mol. The zero-order valence-electron chi connectivity index (χ0n) is 16.6. The lowest BCUT2D eigenvalue weighted by atomic mass is 10.1. The van der Waals surface area contributed by atoms with E-state index < -0.39 is 0 Å². The Balaban J connectivity index is 1.70. The molecule has 0 aliphatic rings. The van der Waals surface area contributed by atoms with Crippen LogP contribution in [0.4, 0.5) is 5.69 Å². The van der Waals surface area contributed by atoms with Crippen molar-refractivity contribution in [3.8, 4) is 5.75 Å². The summed E-state index contributed by atoms with van der Waals surface area (Å²) in [4.78, 5) is 29.5. The van der Waals surface area contributed by atoms with Crippen LogP contribution in [0.25, 0.3) is 0 Å². The van der Waals surface area contributed by atoms with E-state index in [-0.39, 0.29) is 17.9 Å². The summed E-state index contributed by atoms with van der Waals surface area (Å²) < 4.78 is 5.75. The molecule has 0 radical (unpaired) electrons. The molecule has 0 unspecified atom stereocenters. The third-order valence-corrected chi connectivity index (χ3v) is 4.81. The highest BCUT2D eigenvalue weighted by Gasteiger charge is 2.15. The standard InChI is InChI=1S/C22H23N3O3S/c1-14(2)23-22(27)19-9-4-5-10-20(19)25-21(26)16-7-6-8-18(11-16)28-12-17-13-29-15(3)24-17/h4-11,13-14H,12H2,1-3H3,(H,23,27)(H,25,26). The van der Waals surface area contributed by atoms with E-state index in [1.807, 2.05) is 26.2 Å². The Morgan fingerprint density at radius 2 is 1.90 bits per heavy atom. The van der Waals surface area contributed by atoms with Crippen molar-refractivity contribution in [3.63, 3.8) is 0 Å². The summed E-state index contributed by atoms with van der Waals surface area (Å²) in [5.74, 6) is 0.0328. The van der Waals surface area contributed by atoms with Crippen LogP contribution in [0.5, 0.6) is 5.75 Å². The number of anilines is 1. The molecule has 2 aromatic carbocycles. The molecule has 7 heteroatoms. The Morgan fingerprint density at radius 3 is 2.62 bits per heavy atom. The maximum atomic E-state index is 12.7. The van der Waals surface area contributed by atoms with E-state index in [0.717, 1.165) is 10.7 Å². The van der Waals surface area contributed by atoms with Crippen molar-refractivity contribution < 1.29 is 14.3 Å². The number of rotatable bonds is 7. The van der Waals surface area contributed by atoms with Gasteiger partial charge in [0.05, 0.1) is 22.0 Å². The molecule has 0 bridgehead atoms. The van der Waals surface area contributed by atoms with Gasteiger partial charge in [0.2, 0.25) is 0 Å². The first-order chi connectivity index (χ1) is 13.9. The number of para-hydroxylation sites is 1. The van der Waals surface area contributed by atoms with Crippen LogP contribution in [0, 0.1) is 6.92 Å². The Hall–Kier alpha value is -3.19. The zero-order chi connectivity index (χ0) is 20.8. The maximum absolute atomic E-state index is 12.7. The van der Waals surface area contributed by atoms with Crippen molar-refractivity contribution in [1.82, 2.24) is 10.3 Å². The van der Waals surface area contributed by atoms with Gasteiger partial charge in [0.25, 0.3) is 11.8 Å². The lowest BCUT2D eigenvalue weighted by Crippen LogP contribution is -2.31. The molecule has 0 saturated carbocycles. The Labute approximate surface area is 173 Å². The smallest absolute Gasteiger partial charge is 0.255 e. The van der Waals surface area contributed by atoms with E-state index >= 15 is 0 Å².